The van der Waals surface area contributed by atoms with Crippen molar-refractivity contribution in [3.05, 3.63) is 62.6 Å². The second-order valence-electron chi connectivity index (χ2n) is 11.6. The molecule has 0 bridgehead atoms. The van der Waals surface area contributed by atoms with Gasteiger partial charge in [0.15, 0.2) is 18.1 Å². The zero-order valence-corrected chi connectivity index (χ0v) is 27.9. The summed E-state index contributed by atoms with van der Waals surface area (Å²) in [5, 5.41) is 12.6. The van der Waals surface area contributed by atoms with E-state index in [4.69, 9.17) is 23.0 Å². The van der Waals surface area contributed by atoms with E-state index in [0.717, 1.165) is 0 Å². The lowest BCUT2D eigenvalue weighted by Crippen LogP contribution is -2.63. The number of carbonyl (C=O) groups is 5. The van der Waals surface area contributed by atoms with Crippen LogP contribution in [0.1, 0.15) is 56.0 Å². The van der Waals surface area contributed by atoms with Gasteiger partial charge in [-0.1, -0.05) is 13.0 Å². The van der Waals surface area contributed by atoms with Crippen molar-refractivity contribution in [3.63, 3.8) is 0 Å². The molecule has 2 fully saturated rings. The highest BCUT2D eigenvalue weighted by Crippen LogP contribution is 2.52. The molecule has 16 heteroatoms. The fourth-order valence-corrected chi connectivity index (χ4v) is 7.78. The molecular weight excluding hydrogens is 650 g/mol. The van der Waals surface area contributed by atoms with Gasteiger partial charge < -0.3 is 38.4 Å². The number of benzene rings is 1. The van der Waals surface area contributed by atoms with Gasteiger partial charge in [0, 0.05) is 28.3 Å². The number of likely N-dealkylation sites (tertiary alicyclic amines) is 1. The van der Waals surface area contributed by atoms with Gasteiger partial charge in [0.25, 0.3) is 0 Å². The minimum Gasteiger partial charge on any atom is -0.462 e. The van der Waals surface area contributed by atoms with Crippen molar-refractivity contribution in [2.24, 2.45) is 11.8 Å². The topological polar surface area (TPSA) is 195 Å². The van der Waals surface area contributed by atoms with Gasteiger partial charge in [-0.2, -0.15) is 0 Å². The van der Waals surface area contributed by atoms with Crippen LogP contribution in [0, 0.1) is 18.8 Å². The van der Waals surface area contributed by atoms with E-state index in [2.05, 4.69) is 5.32 Å². The molecule has 1 aromatic carbocycles. The highest BCUT2D eigenvalue weighted by Gasteiger charge is 2.60. The number of aryl methyl sites for hydroxylation is 1. The summed E-state index contributed by atoms with van der Waals surface area (Å²) in [7, 11) is 0. The number of hydrogen-bond acceptors (Lipinski definition) is 13. The number of aliphatic hydroxyl groups is 1. The average Bonchev–Trinajstić information content (AvgIpc) is 3.68. The van der Waals surface area contributed by atoms with Crippen LogP contribution in [0.5, 0.6) is 0 Å². The maximum absolute atomic E-state index is 13.7. The fourth-order valence-electron chi connectivity index (χ4n) is 6.26. The Hall–Kier alpha value is -4.57. The van der Waals surface area contributed by atoms with Crippen molar-refractivity contribution < 1.29 is 52.1 Å². The standard InChI is InChI=1S/C32H37N3O12S/c1-6-43-29(39)18-9-8-10-19(11-18)33-27(37)21-12-20(13-34(21)31(41)45-14-22-17(5)46-32(42)47-22)48-26-15(3)24-23(16(4)36)28(38)35(24)25(26)30(40)44-7-2/h8-11,15-16,20-21,23-24,36H,6-7,12-14H2,1-5H3,(H,33,37)/t15-,16-,20+,21+,23-,24-/m1/s1. The third kappa shape index (κ3) is 6.71. The number of fused-ring (bicyclic) bond motifs is 1. The lowest BCUT2D eigenvalue weighted by atomic mass is 9.79. The van der Waals surface area contributed by atoms with Crippen LogP contribution in [0.4, 0.5) is 10.5 Å². The number of thioether (sulfide) groups is 1. The van der Waals surface area contributed by atoms with Gasteiger partial charge in [-0.05, 0) is 52.3 Å². The summed E-state index contributed by atoms with van der Waals surface area (Å²) in [6.45, 7) is 8.05. The number of rotatable bonds is 11. The largest absolute Gasteiger partial charge is 0.519 e. The van der Waals surface area contributed by atoms with Crippen LogP contribution in [0.15, 0.2) is 48.5 Å². The lowest BCUT2D eigenvalue weighted by Gasteiger charge is -2.46. The number of nitrogens with one attached hydrogen (secondary N) is 1. The number of hydrogen-bond donors (Lipinski definition) is 2. The van der Waals surface area contributed by atoms with E-state index < -0.39 is 65.7 Å². The molecule has 48 heavy (non-hydrogen) atoms. The molecule has 3 amide bonds. The average molecular weight is 688 g/mol. The van der Waals surface area contributed by atoms with Crippen molar-refractivity contribution in [2.45, 2.75) is 71.1 Å². The van der Waals surface area contributed by atoms with Crippen LogP contribution in [0.25, 0.3) is 0 Å². The Morgan fingerprint density at radius 3 is 2.44 bits per heavy atom. The first-order valence-corrected chi connectivity index (χ1v) is 16.4. The number of aliphatic hydroxyl groups excluding tert-OH is 1. The molecule has 3 aliphatic rings. The Kier molecular flexibility index (Phi) is 10.3. The Labute approximate surface area is 279 Å². The highest BCUT2D eigenvalue weighted by atomic mass is 32.2. The summed E-state index contributed by atoms with van der Waals surface area (Å²) >= 11 is 1.27. The molecule has 2 saturated heterocycles. The number of anilines is 1. The number of esters is 2. The molecule has 258 valence electrons. The first-order valence-electron chi connectivity index (χ1n) is 15.6. The van der Waals surface area contributed by atoms with E-state index in [1.165, 1.54) is 41.5 Å². The van der Waals surface area contributed by atoms with E-state index in [-0.39, 0.29) is 60.8 Å². The molecule has 4 heterocycles. The number of β-lactam (4-membered cyclic amide) rings is 1. The van der Waals surface area contributed by atoms with E-state index in [1.807, 2.05) is 6.92 Å². The van der Waals surface area contributed by atoms with Crippen molar-refractivity contribution >= 4 is 47.3 Å². The van der Waals surface area contributed by atoms with Crippen LogP contribution in [0.3, 0.4) is 0 Å². The van der Waals surface area contributed by atoms with Gasteiger partial charge in [0.1, 0.15) is 11.7 Å². The molecule has 2 aromatic rings. The fraction of sp³-hybridized carbons (Fsp3) is 0.500. The molecule has 0 spiro atoms. The monoisotopic (exact) mass is 687 g/mol. The van der Waals surface area contributed by atoms with Crippen molar-refractivity contribution in [1.82, 2.24) is 9.80 Å². The van der Waals surface area contributed by atoms with Gasteiger partial charge >= 0.3 is 23.9 Å². The van der Waals surface area contributed by atoms with Crippen LogP contribution in [-0.4, -0.2) is 87.9 Å². The Balaban J connectivity index is 1.40. The second kappa shape index (κ2) is 14.3. The molecule has 5 rings (SSSR count). The molecule has 3 aliphatic heterocycles. The molecule has 1 aromatic heterocycles. The summed E-state index contributed by atoms with van der Waals surface area (Å²) < 4.78 is 25.5. The normalized spacial score (nSPS) is 23.8. The van der Waals surface area contributed by atoms with Crippen LogP contribution >= 0.6 is 11.8 Å². The molecule has 0 unspecified atom stereocenters. The SMILES string of the molecule is CCOC(=O)C1=C(S[C@H]2C[C@@H](C(=O)Nc3cccc(C(=O)OCC)c3)N(C(=O)OCc3oc(=O)oc3C)C2)[C@H](C)[C@@H]2[C@@H]([C@@H](C)O)C(=O)N12. The molecule has 6 atom stereocenters. The number of ether oxygens (including phenoxy) is 3. The zero-order chi connectivity index (χ0) is 34.9. The molecule has 0 aliphatic carbocycles. The molecule has 15 nitrogen and oxygen atoms in total. The minimum absolute atomic E-state index is 0.0149. The third-order valence-corrected chi connectivity index (χ3v) is 9.97. The zero-order valence-electron chi connectivity index (χ0n) is 27.0. The maximum atomic E-state index is 13.7. The first-order chi connectivity index (χ1) is 22.9. The lowest BCUT2D eigenvalue weighted by molar-refractivity contribution is -0.164. The molecule has 2 N–H and O–H groups in total. The van der Waals surface area contributed by atoms with Gasteiger partial charge in [-0.3, -0.25) is 14.5 Å². The predicted molar refractivity (Wildman–Crippen MR) is 168 cm³/mol. The van der Waals surface area contributed by atoms with Crippen LogP contribution in [-0.2, 0) is 35.2 Å². The molecule has 0 saturated carbocycles. The van der Waals surface area contributed by atoms with Crippen molar-refractivity contribution in [3.8, 4) is 0 Å². The number of nitrogens with zero attached hydrogens (tertiary/aromatic N) is 2. The molecule has 0 radical (unpaired) electrons. The van der Waals surface area contributed by atoms with E-state index in [0.29, 0.717) is 10.6 Å². The predicted octanol–water partition coefficient (Wildman–Crippen LogP) is 2.80. The number of carbonyl (C=O) groups excluding carboxylic acids is 5. The van der Waals surface area contributed by atoms with E-state index in [9.17, 15) is 33.9 Å². The Bertz CT molecular complexity index is 1700. The van der Waals surface area contributed by atoms with Crippen molar-refractivity contribution in [1.29, 1.82) is 0 Å². The second-order valence-corrected chi connectivity index (χ2v) is 13.0. The summed E-state index contributed by atoms with van der Waals surface area (Å²) in [6.07, 6.45) is -1.66. The third-order valence-electron chi connectivity index (χ3n) is 8.47. The first kappa shape index (κ1) is 34.8. The highest BCUT2D eigenvalue weighted by molar-refractivity contribution is 8.03. The van der Waals surface area contributed by atoms with E-state index in [1.54, 1.807) is 32.0 Å². The van der Waals surface area contributed by atoms with Gasteiger partial charge in [0.2, 0.25) is 11.8 Å². The summed E-state index contributed by atoms with van der Waals surface area (Å²) in [5.41, 5.74) is 0.630. The summed E-state index contributed by atoms with van der Waals surface area (Å²) in [5.74, 6) is -3.98. The Morgan fingerprint density at radius 1 is 1.08 bits per heavy atom. The van der Waals surface area contributed by atoms with Gasteiger partial charge in [0.05, 0.1) is 36.8 Å². The Morgan fingerprint density at radius 2 is 1.79 bits per heavy atom. The van der Waals surface area contributed by atoms with E-state index >= 15 is 0 Å². The number of amides is 3. The summed E-state index contributed by atoms with van der Waals surface area (Å²) in [6, 6.07) is 4.68. The quantitative estimate of drug-likeness (QED) is 0.199. The van der Waals surface area contributed by atoms with Crippen LogP contribution < -0.4 is 11.1 Å². The minimum atomic E-state index is -1.05. The van der Waals surface area contributed by atoms with Gasteiger partial charge in [-0.25, -0.2) is 19.2 Å². The summed E-state index contributed by atoms with van der Waals surface area (Å²) in [4.78, 5) is 80.2. The van der Waals surface area contributed by atoms with Crippen LogP contribution in [0.2, 0.25) is 0 Å². The van der Waals surface area contributed by atoms with Gasteiger partial charge in [-0.15, -0.1) is 11.8 Å². The molecular formula is C32H37N3O12S. The van der Waals surface area contributed by atoms with Crippen molar-refractivity contribution in [2.75, 3.05) is 25.1 Å². The maximum Gasteiger partial charge on any atom is 0.519 e. The smallest absolute Gasteiger partial charge is 0.462 e.